The van der Waals surface area contributed by atoms with E-state index in [1.807, 2.05) is 6.92 Å². The summed E-state index contributed by atoms with van der Waals surface area (Å²) in [5.41, 5.74) is 0. The van der Waals surface area contributed by atoms with Gasteiger partial charge in [0.25, 0.3) is 0 Å². The van der Waals surface area contributed by atoms with Crippen LogP contribution in [-0.4, -0.2) is 22.9 Å². The molecule has 0 fully saturated rings. The van der Waals surface area contributed by atoms with Crippen LogP contribution in [0.5, 0.6) is 0 Å². The molecular formula is C9H20O2. The molecule has 2 atom stereocenters. The van der Waals surface area contributed by atoms with Crippen molar-refractivity contribution in [2.75, 3.05) is 6.61 Å². The van der Waals surface area contributed by atoms with Crippen LogP contribution >= 0.6 is 0 Å². The van der Waals surface area contributed by atoms with Crippen LogP contribution < -0.4 is 0 Å². The van der Waals surface area contributed by atoms with E-state index in [1.54, 1.807) is 0 Å². The van der Waals surface area contributed by atoms with Gasteiger partial charge in [-0.25, -0.2) is 0 Å². The zero-order valence-corrected chi connectivity index (χ0v) is 7.58. The van der Waals surface area contributed by atoms with Gasteiger partial charge >= 0.3 is 0 Å². The lowest BCUT2D eigenvalue weighted by Gasteiger charge is -2.17. The predicted molar refractivity (Wildman–Crippen MR) is 46.4 cm³/mol. The molecular weight excluding hydrogens is 140 g/mol. The molecule has 0 aromatic rings. The fraction of sp³-hybridized carbons (Fsp3) is 1.00. The lowest BCUT2D eigenvalue weighted by atomic mass is 9.94. The smallest absolute Gasteiger partial charge is 0.0540 e. The maximum Gasteiger partial charge on any atom is 0.0540 e. The van der Waals surface area contributed by atoms with Gasteiger partial charge in [-0.3, -0.25) is 0 Å². The van der Waals surface area contributed by atoms with Gasteiger partial charge in [-0.05, 0) is 25.7 Å². The lowest BCUT2D eigenvalue weighted by molar-refractivity contribution is 0.114. The van der Waals surface area contributed by atoms with Crippen LogP contribution in [0.15, 0.2) is 0 Å². The van der Waals surface area contributed by atoms with Gasteiger partial charge < -0.3 is 10.2 Å². The van der Waals surface area contributed by atoms with Gasteiger partial charge in [-0.15, -0.1) is 0 Å². The molecule has 2 unspecified atom stereocenters. The minimum atomic E-state index is -0.196. The van der Waals surface area contributed by atoms with Gasteiger partial charge in [0.2, 0.25) is 0 Å². The molecule has 0 aliphatic carbocycles. The van der Waals surface area contributed by atoms with Gasteiger partial charge in [-0.2, -0.15) is 0 Å². The van der Waals surface area contributed by atoms with Crippen LogP contribution in [0.4, 0.5) is 0 Å². The van der Waals surface area contributed by atoms with E-state index in [-0.39, 0.29) is 12.7 Å². The van der Waals surface area contributed by atoms with Crippen molar-refractivity contribution in [1.82, 2.24) is 0 Å². The number of hydrogen-bond donors (Lipinski definition) is 2. The number of aliphatic hydroxyl groups excluding tert-OH is 2. The summed E-state index contributed by atoms with van der Waals surface area (Å²) in [6.07, 6.45) is 3.76. The van der Waals surface area contributed by atoms with Crippen molar-refractivity contribution in [2.45, 2.75) is 45.6 Å². The summed E-state index contributed by atoms with van der Waals surface area (Å²) in [7, 11) is 0. The van der Waals surface area contributed by atoms with E-state index >= 15 is 0 Å². The minimum absolute atomic E-state index is 0.196. The van der Waals surface area contributed by atoms with E-state index in [0.717, 1.165) is 25.7 Å². The molecule has 0 aromatic heterocycles. The van der Waals surface area contributed by atoms with Crippen molar-refractivity contribution < 1.29 is 10.2 Å². The first-order chi connectivity index (χ1) is 5.22. The number of rotatable bonds is 6. The molecule has 0 aliphatic rings. The van der Waals surface area contributed by atoms with E-state index < -0.39 is 0 Å². The van der Waals surface area contributed by atoms with Crippen LogP contribution in [0, 0.1) is 5.92 Å². The van der Waals surface area contributed by atoms with Crippen LogP contribution in [0.2, 0.25) is 0 Å². The Hall–Kier alpha value is -0.0800. The molecule has 2 N–H and O–H groups in total. The number of aliphatic hydroxyl groups is 2. The largest absolute Gasteiger partial charge is 0.396 e. The Bertz CT molecular complexity index is 81.6. The molecule has 0 aromatic carbocycles. The first-order valence-electron chi connectivity index (χ1n) is 4.51. The SMILES string of the molecule is CCC(CCCCO)C(C)O. The van der Waals surface area contributed by atoms with E-state index in [1.165, 1.54) is 0 Å². The standard InChI is InChI=1S/C9H20O2/c1-3-9(8(2)11)6-4-5-7-10/h8-11H,3-7H2,1-2H3. The molecule has 2 nitrogen and oxygen atoms in total. The van der Waals surface area contributed by atoms with Gasteiger partial charge in [0.1, 0.15) is 0 Å². The second kappa shape index (κ2) is 6.62. The quantitative estimate of drug-likeness (QED) is 0.579. The third-order valence-electron chi connectivity index (χ3n) is 2.19. The van der Waals surface area contributed by atoms with Crippen LogP contribution in [-0.2, 0) is 0 Å². The molecule has 0 radical (unpaired) electrons. The summed E-state index contributed by atoms with van der Waals surface area (Å²) in [4.78, 5) is 0. The second-order valence-electron chi connectivity index (χ2n) is 3.13. The molecule has 0 bridgehead atoms. The predicted octanol–water partition coefficient (Wildman–Crippen LogP) is 1.56. The van der Waals surface area contributed by atoms with E-state index in [4.69, 9.17) is 5.11 Å². The molecule has 0 heterocycles. The van der Waals surface area contributed by atoms with Gasteiger partial charge in [-0.1, -0.05) is 19.8 Å². The maximum atomic E-state index is 9.25. The molecule has 2 heteroatoms. The molecule has 0 rings (SSSR count). The summed E-state index contributed by atoms with van der Waals surface area (Å²) in [6.45, 7) is 4.21. The molecule has 68 valence electrons. The van der Waals surface area contributed by atoms with Crippen LogP contribution in [0.3, 0.4) is 0 Å². The molecule has 0 spiro atoms. The first-order valence-corrected chi connectivity index (χ1v) is 4.51. The van der Waals surface area contributed by atoms with E-state index in [2.05, 4.69) is 6.92 Å². The van der Waals surface area contributed by atoms with Crippen molar-refractivity contribution in [3.05, 3.63) is 0 Å². The fourth-order valence-electron chi connectivity index (χ4n) is 1.30. The third-order valence-corrected chi connectivity index (χ3v) is 2.19. The summed E-state index contributed by atoms with van der Waals surface area (Å²) >= 11 is 0. The molecule has 0 aliphatic heterocycles. The summed E-state index contributed by atoms with van der Waals surface area (Å²) in [5, 5.41) is 17.8. The summed E-state index contributed by atoms with van der Waals surface area (Å²) in [5.74, 6) is 0.418. The Morgan fingerprint density at radius 3 is 2.27 bits per heavy atom. The average molecular weight is 160 g/mol. The summed E-state index contributed by atoms with van der Waals surface area (Å²) in [6, 6.07) is 0. The van der Waals surface area contributed by atoms with Gasteiger partial charge in [0.15, 0.2) is 0 Å². The van der Waals surface area contributed by atoms with Crippen molar-refractivity contribution in [3.63, 3.8) is 0 Å². The monoisotopic (exact) mass is 160 g/mol. The molecule has 0 saturated carbocycles. The molecule has 11 heavy (non-hydrogen) atoms. The highest BCUT2D eigenvalue weighted by Gasteiger charge is 2.11. The fourth-order valence-corrected chi connectivity index (χ4v) is 1.30. The average Bonchev–Trinajstić information content (AvgIpc) is 1.97. The maximum absolute atomic E-state index is 9.25. The lowest BCUT2D eigenvalue weighted by Crippen LogP contribution is -2.15. The topological polar surface area (TPSA) is 40.5 Å². The Kier molecular flexibility index (Phi) is 6.57. The highest BCUT2D eigenvalue weighted by Crippen LogP contribution is 2.16. The van der Waals surface area contributed by atoms with Crippen molar-refractivity contribution in [3.8, 4) is 0 Å². The molecule has 0 saturated heterocycles. The Morgan fingerprint density at radius 2 is 1.91 bits per heavy atom. The van der Waals surface area contributed by atoms with E-state index in [0.29, 0.717) is 5.92 Å². The third kappa shape index (κ3) is 5.22. The number of hydrogen-bond acceptors (Lipinski definition) is 2. The van der Waals surface area contributed by atoms with Gasteiger partial charge in [0.05, 0.1) is 6.10 Å². The van der Waals surface area contributed by atoms with Crippen molar-refractivity contribution in [1.29, 1.82) is 0 Å². The highest BCUT2D eigenvalue weighted by atomic mass is 16.3. The zero-order valence-electron chi connectivity index (χ0n) is 7.58. The minimum Gasteiger partial charge on any atom is -0.396 e. The van der Waals surface area contributed by atoms with Crippen molar-refractivity contribution >= 4 is 0 Å². The number of unbranched alkanes of at least 4 members (excludes halogenated alkanes) is 1. The molecule has 0 amide bonds. The van der Waals surface area contributed by atoms with Crippen molar-refractivity contribution in [2.24, 2.45) is 5.92 Å². The van der Waals surface area contributed by atoms with Crippen LogP contribution in [0.25, 0.3) is 0 Å². The zero-order chi connectivity index (χ0) is 8.69. The normalized spacial score (nSPS) is 16.4. The Labute approximate surface area is 69.2 Å². The van der Waals surface area contributed by atoms with E-state index in [9.17, 15) is 5.11 Å². The first kappa shape index (κ1) is 10.9. The Morgan fingerprint density at radius 1 is 1.27 bits per heavy atom. The van der Waals surface area contributed by atoms with Gasteiger partial charge in [0, 0.05) is 6.61 Å². The van der Waals surface area contributed by atoms with Crippen LogP contribution in [0.1, 0.15) is 39.5 Å². The highest BCUT2D eigenvalue weighted by molar-refractivity contribution is 4.62. The second-order valence-corrected chi connectivity index (χ2v) is 3.13. The Balaban J connectivity index is 3.36. The summed E-state index contributed by atoms with van der Waals surface area (Å²) < 4.78 is 0.